The monoisotopic (exact) mass is 318 g/mol. The lowest BCUT2D eigenvalue weighted by molar-refractivity contribution is -0.124. The van der Waals surface area contributed by atoms with Gasteiger partial charge < -0.3 is 10.6 Å². The van der Waals surface area contributed by atoms with Crippen LogP contribution in [0.15, 0.2) is 6.07 Å². The van der Waals surface area contributed by atoms with Gasteiger partial charge in [-0.15, -0.1) is 0 Å². The van der Waals surface area contributed by atoms with Gasteiger partial charge in [0.1, 0.15) is 0 Å². The molecule has 2 aliphatic rings. The van der Waals surface area contributed by atoms with E-state index in [1.54, 1.807) is 0 Å². The first-order chi connectivity index (χ1) is 10.7. The number of amides is 2. The number of aromatic nitrogens is 2. The highest BCUT2D eigenvalue weighted by Crippen LogP contribution is 2.73. The molecule has 1 saturated heterocycles. The van der Waals surface area contributed by atoms with Crippen molar-refractivity contribution >= 4 is 17.6 Å². The second-order valence-electron chi connectivity index (χ2n) is 8.05. The molecular weight excluding hydrogens is 292 g/mol. The Morgan fingerprint density at radius 2 is 2.04 bits per heavy atom. The van der Waals surface area contributed by atoms with Gasteiger partial charge in [0.2, 0.25) is 11.8 Å². The predicted octanol–water partition coefficient (Wildman–Crippen LogP) is 2.41. The first-order valence-electron chi connectivity index (χ1n) is 8.33. The SMILES string of the molecule is CC1(C)C(c2cc(NC(=O)CC3CCC(=O)NC3)n[nH]2)C1(C)C. The Kier molecular flexibility index (Phi) is 3.73. The average molecular weight is 318 g/mol. The van der Waals surface area contributed by atoms with Crippen LogP contribution in [0.25, 0.3) is 0 Å². The van der Waals surface area contributed by atoms with Crippen molar-refractivity contribution in [2.24, 2.45) is 16.7 Å². The third-order valence-electron chi connectivity index (χ3n) is 6.04. The standard InChI is InChI=1S/C17H26N4O2/c1-16(2)15(17(16,3)4)11-8-12(21-20-11)19-14(23)7-10-5-6-13(22)18-9-10/h8,10,15H,5-7,9H2,1-4H3,(H,18,22)(H2,19,20,21,23). The molecule has 0 aromatic carbocycles. The van der Waals surface area contributed by atoms with Crippen molar-refractivity contribution < 1.29 is 9.59 Å². The third kappa shape index (κ3) is 2.86. The highest BCUT2D eigenvalue weighted by Gasteiger charge is 2.65. The predicted molar refractivity (Wildman–Crippen MR) is 87.9 cm³/mol. The number of aromatic amines is 1. The van der Waals surface area contributed by atoms with E-state index >= 15 is 0 Å². The Morgan fingerprint density at radius 3 is 2.61 bits per heavy atom. The van der Waals surface area contributed by atoms with Crippen LogP contribution in [0, 0.1) is 16.7 Å². The van der Waals surface area contributed by atoms with Crippen LogP contribution in [-0.4, -0.2) is 28.6 Å². The summed E-state index contributed by atoms with van der Waals surface area (Å²) in [6.45, 7) is 9.62. The van der Waals surface area contributed by atoms with Crippen LogP contribution in [0.4, 0.5) is 5.82 Å². The van der Waals surface area contributed by atoms with Crippen molar-refractivity contribution in [2.75, 3.05) is 11.9 Å². The summed E-state index contributed by atoms with van der Waals surface area (Å²) in [6.07, 6.45) is 1.70. The molecule has 1 unspecified atom stereocenters. The smallest absolute Gasteiger partial charge is 0.225 e. The van der Waals surface area contributed by atoms with Gasteiger partial charge in [0.25, 0.3) is 0 Å². The van der Waals surface area contributed by atoms with Gasteiger partial charge in [-0.1, -0.05) is 27.7 Å². The second kappa shape index (κ2) is 5.35. The molecule has 2 fully saturated rings. The number of nitrogens with zero attached hydrogens (tertiary/aromatic N) is 1. The molecule has 2 heterocycles. The number of piperidine rings is 1. The summed E-state index contributed by atoms with van der Waals surface area (Å²) in [6, 6.07) is 1.95. The number of hydrogen-bond donors (Lipinski definition) is 3. The molecule has 0 spiro atoms. The highest BCUT2D eigenvalue weighted by atomic mass is 16.2. The zero-order chi connectivity index (χ0) is 16.8. The molecule has 1 saturated carbocycles. The van der Waals surface area contributed by atoms with Crippen molar-refractivity contribution in [1.29, 1.82) is 0 Å². The van der Waals surface area contributed by atoms with Crippen LogP contribution in [0.3, 0.4) is 0 Å². The normalized spacial score (nSPS) is 25.7. The summed E-state index contributed by atoms with van der Waals surface area (Å²) in [5, 5.41) is 13.0. The zero-order valence-corrected chi connectivity index (χ0v) is 14.3. The summed E-state index contributed by atoms with van der Waals surface area (Å²) in [5.74, 6) is 1.27. The minimum absolute atomic E-state index is 0.0430. The summed E-state index contributed by atoms with van der Waals surface area (Å²) in [4.78, 5) is 23.3. The summed E-state index contributed by atoms with van der Waals surface area (Å²) in [5.41, 5.74) is 1.56. The molecule has 6 nitrogen and oxygen atoms in total. The number of H-pyrrole nitrogens is 1. The topological polar surface area (TPSA) is 86.9 Å². The molecule has 3 rings (SSSR count). The largest absolute Gasteiger partial charge is 0.356 e. The number of carbonyl (C=O) groups is 2. The maximum atomic E-state index is 12.1. The van der Waals surface area contributed by atoms with Gasteiger partial charge in [-0.3, -0.25) is 14.7 Å². The van der Waals surface area contributed by atoms with Gasteiger partial charge in [-0.25, -0.2) is 0 Å². The Labute approximate surface area is 136 Å². The van der Waals surface area contributed by atoms with Gasteiger partial charge in [-0.2, -0.15) is 5.10 Å². The van der Waals surface area contributed by atoms with Gasteiger partial charge in [-0.05, 0) is 23.2 Å². The van der Waals surface area contributed by atoms with Crippen molar-refractivity contribution in [3.05, 3.63) is 11.8 Å². The lowest BCUT2D eigenvalue weighted by atomic mass is 9.95. The fraction of sp³-hybridized carbons (Fsp3) is 0.706. The van der Waals surface area contributed by atoms with Gasteiger partial charge in [0.15, 0.2) is 5.82 Å². The Balaban J connectivity index is 1.55. The second-order valence-corrected chi connectivity index (χ2v) is 8.05. The molecule has 1 aliphatic heterocycles. The quantitative estimate of drug-likeness (QED) is 0.797. The van der Waals surface area contributed by atoms with Crippen LogP contribution in [0.1, 0.15) is 58.6 Å². The Morgan fingerprint density at radius 1 is 1.35 bits per heavy atom. The van der Waals surface area contributed by atoms with E-state index in [2.05, 4.69) is 48.5 Å². The molecule has 1 aromatic rings. The van der Waals surface area contributed by atoms with Crippen LogP contribution in [0.5, 0.6) is 0 Å². The molecule has 0 bridgehead atoms. The molecule has 1 aromatic heterocycles. The number of hydrogen-bond acceptors (Lipinski definition) is 3. The van der Waals surface area contributed by atoms with E-state index in [-0.39, 0.29) is 28.6 Å². The number of rotatable bonds is 4. The van der Waals surface area contributed by atoms with E-state index < -0.39 is 0 Å². The molecular formula is C17H26N4O2. The van der Waals surface area contributed by atoms with E-state index in [9.17, 15) is 9.59 Å². The molecule has 0 radical (unpaired) electrons. The van der Waals surface area contributed by atoms with Gasteiger partial charge in [0, 0.05) is 37.1 Å². The lowest BCUT2D eigenvalue weighted by Gasteiger charge is -2.21. The molecule has 1 aliphatic carbocycles. The minimum Gasteiger partial charge on any atom is -0.356 e. The van der Waals surface area contributed by atoms with Gasteiger partial charge in [0.05, 0.1) is 0 Å². The molecule has 2 amide bonds. The molecule has 3 N–H and O–H groups in total. The van der Waals surface area contributed by atoms with Crippen molar-refractivity contribution in [2.45, 2.75) is 52.9 Å². The van der Waals surface area contributed by atoms with Crippen LogP contribution in [0.2, 0.25) is 0 Å². The summed E-state index contributed by atoms with van der Waals surface area (Å²) >= 11 is 0. The van der Waals surface area contributed by atoms with E-state index in [4.69, 9.17) is 0 Å². The maximum Gasteiger partial charge on any atom is 0.225 e. The Hall–Kier alpha value is -1.85. The van der Waals surface area contributed by atoms with E-state index in [1.165, 1.54) is 0 Å². The van der Waals surface area contributed by atoms with E-state index in [0.29, 0.717) is 31.1 Å². The number of nitrogens with one attached hydrogen (secondary N) is 3. The minimum atomic E-state index is -0.0430. The van der Waals surface area contributed by atoms with Crippen molar-refractivity contribution in [3.8, 4) is 0 Å². The van der Waals surface area contributed by atoms with E-state index in [0.717, 1.165) is 12.1 Å². The lowest BCUT2D eigenvalue weighted by Crippen LogP contribution is -2.36. The number of anilines is 1. The van der Waals surface area contributed by atoms with Crippen LogP contribution >= 0.6 is 0 Å². The van der Waals surface area contributed by atoms with Crippen molar-refractivity contribution in [3.63, 3.8) is 0 Å². The number of carbonyl (C=O) groups excluding carboxylic acids is 2. The molecule has 6 heteroatoms. The molecule has 126 valence electrons. The summed E-state index contributed by atoms with van der Waals surface area (Å²) < 4.78 is 0. The highest BCUT2D eigenvalue weighted by molar-refractivity contribution is 5.90. The fourth-order valence-electron chi connectivity index (χ4n) is 3.94. The molecule has 23 heavy (non-hydrogen) atoms. The van der Waals surface area contributed by atoms with Crippen LogP contribution in [-0.2, 0) is 9.59 Å². The first-order valence-corrected chi connectivity index (χ1v) is 8.33. The summed E-state index contributed by atoms with van der Waals surface area (Å²) in [7, 11) is 0. The third-order valence-corrected chi connectivity index (χ3v) is 6.04. The average Bonchev–Trinajstić information content (AvgIpc) is 2.78. The van der Waals surface area contributed by atoms with Crippen molar-refractivity contribution in [1.82, 2.24) is 15.5 Å². The van der Waals surface area contributed by atoms with E-state index in [1.807, 2.05) is 6.07 Å². The Bertz CT molecular complexity index is 608. The van der Waals surface area contributed by atoms with Crippen LogP contribution < -0.4 is 10.6 Å². The molecule has 1 atom stereocenters. The fourth-order valence-corrected chi connectivity index (χ4v) is 3.94. The van der Waals surface area contributed by atoms with Gasteiger partial charge >= 0.3 is 0 Å². The zero-order valence-electron chi connectivity index (χ0n) is 14.3. The maximum absolute atomic E-state index is 12.1. The first kappa shape index (κ1) is 16.0.